The third-order valence-electron chi connectivity index (χ3n) is 5.61. The topological polar surface area (TPSA) is 15.8 Å². The van der Waals surface area contributed by atoms with Gasteiger partial charge in [-0.3, -0.25) is 0 Å². The second-order valence-electron chi connectivity index (χ2n) is 9.84. The molecule has 0 aliphatic heterocycles. The summed E-state index contributed by atoms with van der Waals surface area (Å²) in [4.78, 5) is 3.59. The van der Waals surface area contributed by atoms with Gasteiger partial charge < -0.3 is 4.98 Å². The second kappa shape index (κ2) is 6.49. The molecule has 1 heterocycles. The summed E-state index contributed by atoms with van der Waals surface area (Å²) in [6.45, 7) is 13.6. The lowest BCUT2D eigenvalue weighted by atomic mass is 9.86. The van der Waals surface area contributed by atoms with Gasteiger partial charge in [0.25, 0.3) is 0 Å². The van der Waals surface area contributed by atoms with Crippen LogP contribution in [-0.4, -0.2) is 4.98 Å². The lowest BCUT2D eigenvalue weighted by molar-refractivity contribution is 0.590. The van der Waals surface area contributed by atoms with E-state index in [1.807, 2.05) is 0 Å². The molecule has 2 heteroatoms. The molecule has 0 radical (unpaired) electrons. The first-order valence-electron chi connectivity index (χ1n) is 9.90. The first-order chi connectivity index (χ1) is 13.0. The minimum absolute atomic E-state index is 0.134. The van der Waals surface area contributed by atoms with Crippen molar-refractivity contribution in [2.45, 2.75) is 52.4 Å². The van der Waals surface area contributed by atoms with E-state index < -0.39 is 0 Å². The van der Waals surface area contributed by atoms with E-state index in [-0.39, 0.29) is 10.8 Å². The Hall–Kier alpha value is -2.06. The molecule has 0 saturated heterocycles. The summed E-state index contributed by atoms with van der Waals surface area (Å²) < 4.78 is 1.11. The number of aromatic amines is 1. The average molecular weight is 434 g/mol. The van der Waals surface area contributed by atoms with E-state index in [0.717, 1.165) is 9.99 Å². The Morgan fingerprint density at radius 3 is 1.86 bits per heavy atom. The van der Waals surface area contributed by atoms with Crippen molar-refractivity contribution < 1.29 is 0 Å². The zero-order chi connectivity index (χ0) is 20.3. The van der Waals surface area contributed by atoms with Gasteiger partial charge in [-0.25, -0.2) is 0 Å². The van der Waals surface area contributed by atoms with Gasteiger partial charge in [-0.1, -0.05) is 71.9 Å². The molecule has 4 aromatic rings. The van der Waals surface area contributed by atoms with Gasteiger partial charge in [0.15, 0.2) is 0 Å². The summed E-state index contributed by atoms with van der Waals surface area (Å²) in [6.07, 6.45) is 0. The lowest BCUT2D eigenvalue weighted by Gasteiger charge is -2.19. The highest BCUT2D eigenvalue weighted by Crippen LogP contribution is 2.37. The predicted molar refractivity (Wildman–Crippen MR) is 126 cm³/mol. The van der Waals surface area contributed by atoms with Crippen LogP contribution in [0, 0.1) is 0 Å². The Labute approximate surface area is 176 Å². The molecule has 1 aromatic heterocycles. The molecular weight excluding hydrogens is 406 g/mol. The van der Waals surface area contributed by atoms with Crippen molar-refractivity contribution in [3.63, 3.8) is 0 Å². The minimum atomic E-state index is 0.134. The average Bonchev–Trinajstić information content (AvgIpc) is 2.99. The number of hydrogen-bond donors (Lipinski definition) is 1. The molecule has 28 heavy (non-hydrogen) atoms. The van der Waals surface area contributed by atoms with Gasteiger partial charge in [-0.15, -0.1) is 0 Å². The molecule has 3 aromatic carbocycles. The number of nitrogens with one attached hydrogen (secondary N) is 1. The summed E-state index contributed by atoms with van der Waals surface area (Å²) in [5.74, 6) is 0. The molecule has 144 valence electrons. The van der Waals surface area contributed by atoms with Crippen LogP contribution in [0.5, 0.6) is 0 Å². The molecule has 0 spiro atoms. The standard InChI is InChI=1S/C26H28BrN/c1-25(2,3)18-9-7-16(8-10-18)17-13-21-20-15-19(26(4,5)6)11-12-23(20)28-24(21)22(27)14-17/h7-15,28H,1-6H3. The Balaban J connectivity index is 1.90. The van der Waals surface area contributed by atoms with Gasteiger partial charge in [0.05, 0.1) is 5.52 Å². The monoisotopic (exact) mass is 433 g/mol. The smallest absolute Gasteiger partial charge is 0.0609 e. The van der Waals surface area contributed by atoms with Crippen LogP contribution in [0.2, 0.25) is 0 Å². The second-order valence-corrected chi connectivity index (χ2v) is 10.7. The van der Waals surface area contributed by atoms with E-state index in [9.17, 15) is 0 Å². The highest BCUT2D eigenvalue weighted by molar-refractivity contribution is 9.10. The van der Waals surface area contributed by atoms with Crippen LogP contribution >= 0.6 is 15.9 Å². The van der Waals surface area contributed by atoms with Crippen molar-refractivity contribution in [3.8, 4) is 11.1 Å². The lowest BCUT2D eigenvalue weighted by Crippen LogP contribution is -2.10. The van der Waals surface area contributed by atoms with Crippen LogP contribution in [0.3, 0.4) is 0 Å². The fourth-order valence-corrected chi connectivity index (χ4v) is 4.31. The first kappa shape index (κ1) is 19.3. The molecule has 0 saturated carbocycles. The Morgan fingerprint density at radius 2 is 1.25 bits per heavy atom. The van der Waals surface area contributed by atoms with E-state index in [1.165, 1.54) is 38.5 Å². The van der Waals surface area contributed by atoms with Gasteiger partial charge in [-0.2, -0.15) is 0 Å². The van der Waals surface area contributed by atoms with Crippen LogP contribution in [-0.2, 0) is 10.8 Å². The Bertz CT molecular complexity index is 1170. The number of halogens is 1. The van der Waals surface area contributed by atoms with Crippen molar-refractivity contribution in [2.24, 2.45) is 0 Å². The zero-order valence-corrected chi connectivity index (χ0v) is 19.2. The van der Waals surface area contributed by atoms with Gasteiger partial charge in [-0.05, 0) is 73.3 Å². The normalized spacial score (nSPS) is 12.8. The summed E-state index contributed by atoms with van der Waals surface area (Å²) >= 11 is 3.80. The van der Waals surface area contributed by atoms with Gasteiger partial charge in [0, 0.05) is 20.8 Å². The number of rotatable bonds is 1. The highest BCUT2D eigenvalue weighted by Gasteiger charge is 2.17. The fourth-order valence-electron chi connectivity index (χ4n) is 3.75. The molecule has 0 unspecified atom stereocenters. The predicted octanol–water partition coefficient (Wildman–Crippen LogP) is 8.35. The summed E-state index contributed by atoms with van der Waals surface area (Å²) in [5, 5.41) is 2.56. The van der Waals surface area contributed by atoms with Crippen LogP contribution < -0.4 is 0 Å². The van der Waals surface area contributed by atoms with Gasteiger partial charge in [0.1, 0.15) is 0 Å². The number of fused-ring (bicyclic) bond motifs is 3. The van der Waals surface area contributed by atoms with Crippen LogP contribution in [0.4, 0.5) is 0 Å². The molecule has 0 aliphatic carbocycles. The SMILES string of the molecule is CC(C)(C)c1ccc(-c2cc(Br)c3[nH]c4ccc(C(C)(C)C)cc4c3c2)cc1. The summed E-state index contributed by atoms with van der Waals surface area (Å²) in [5.41, 5.74) is 7.85. The molecule has 4 rings (SSSR count). The van der Waals surface area contributed by atoms with Crippen molar-refractivity contribution in [1.29, 1.82) is 0 Å². The quantitative estimate of drug-likeness (QED) is 0.310. The number of H-pyrrole nitrogens is 1. The molecule has 0 atom stereocenters. The minimum Gasteiger partial charge on any atom is -0.354 e. The highest BCUT2D eigenvalue weighted by atomic mass is 79.9. The molecular formula is C26H28BrN. The van der Waals surface area contributed by atoms with E-state index in [0.29, 0.717) is 0 Å². The maximum absolute atomic E-state index is 3.80. The largest absolute Gasteiger partial charge is 0.354 e. The fraction of sp³-hybridized carbons (Fsp3) is 0.308. The molecule has 0 aliphatic rings. The molecule has 0 bridgehead atoms. The zero-order valence-electron chi connectivity index (χ0n) is 17.6. The van der Waals surface area contributed by atoms with Crippen molar-refractivity contribution in [2.75, 3.05) is 0 Å². The summed E-state index contributed by atoms with van der Waals surface area (Å²) in [7, 11) is 0. The number of benzene rings is 3. The number of aromatic nitrogens is 1. The van der Waals surface area contributed by atoms with E-state index in [1.54, 1.807) is 0 Å². The summed E-state index contributed by atoms with van der Waals surface area (Å²) in [6, 6.07) is 20.3. The van der Waals surface area contributed by atoms with Crippen molar-refractivity contribution >= 4 is 37.7 Å². The Kier molecular flexibility index (Phi) is 4.46. The molecule has 0 fully saturated rings. The van der Waals surface area contributed by atoms with E-state index in [2.05, 4.69) is 117 Å². The molecule has 0 amide bonds. The third-order valence-corrected chi connectivity index (χ3v) is 6.24. The maximum atomic E-state index is 3.80. The van der Waals surface area contributed by atoms with E-state index >= 15 is 0 Å². The van der Waals surface area contributed by atoms with Crippen LogP contribution in [0.1, 0.15) is 52.7 Å². The number of hydrogen-bond acceptors (Lipinski definition) is 0. The van der Waals surface area contributed by atoms with Gasteiger partial charge >= 0.3 is 0 Å². The maximum Gasteiger partial charge on any atom is 0.0609 e. The van der Waals surface area contributed by atoms with Crippen LogP contribution in [0.15, 0.2) is 59.1 Å². The van der Waals surface area contributed by atoms with E-state index in [4.69, 9.17) is 0 Å². The first-order valence-corrected chi connectivity index (χ1v) is 10.7. The van der Waals surface area contributed by atoms with Crippen molar-refractivity contribution in [1.82, 2.24) is 4.98 Å². The van der Waals surface area contributed by atoms with Gasteiger partial charge in [0.2, 0.25) is 0 Å². The Morgan fingerprint density at radius 1 is 0.643 bits per heavy atom. The van der Waals surface area contributed by atoms with Crippen molar-refractivity contribution in [3.05, 3.63) is 70.2 Å². The third kappa shape index (κ3) is 3.39. The van der Waals surface area contributed by atoms with Crippen LogP contribution in [0.25, 0.3) is 32.9 Å². The molecule has 1 N–H and O–H groups in total. The molecule has 1 nitrogen and oxygen atoms in total.